The zero-order chi connectivity index (χ0) is 13.6. The standard InChI is InChI=1S/C13H12Cl2N4/c1-8-5-10(14)3-4-11(8)19-12-9(6-16-13(19)15)7-17-18(12)2/h3-5,7H,6H2,1-2H3. The summed E-state index contributed by atoms with van der Waals surface area (Å²) < 4.78 is 1.81. The molecule has 3 rings (SSSR count). The van der Waals surface area contributed by atoms with E-state index in [0.717, 1.165) is 22.6 Å². The van der Waals surface area contributed by atoms with E-state index >= 15 is 0 Å². The number of amidine groups is 1. The summed E-state index contributed by atoms with van der Waals surface area (Å²) in [5, 5.41) is 5.42. The molecule has 0 aliphatic carbocycles. The van der Waals surface area contributed by atoms with Crippen molar-refractivity contribution in [3.05, 3.63) is 40.5 Å². The predicted octanol–water partition coefficient (Wildman–Crippen LogP) is 3.63. The number of benzene rings is 1. The van der Waals surface area contributed by atoms with Gasteiger partial charge in [-0.3, -0.25) is 14.6 Å². The SMILES string of the molecule is Cc1cc(Cl)ccc1N1C(Cl)=NCc2cnn(C)c21. The molecule has 0 unspecified atom stereocenters. The molecule has 1 aliphatic rings. The lowest BCUT2D eigenvalue weighted by molar-refractivity contribution is 0.765. The number of aryl methyl sites for hydroxylation is 2. The fourth-order valence-corrected chi connectivity index (χ4v) is 2.73. The third kappa shape index (κ3) is 2.01. The smallest absolute Gasteiger partial charge is 0.204 e. The van der Waals surface area contributed by atoms with Crippen molar-refractivity contribution < 1.29 is 0 Å². The number of halogens is 2. The Kier molecular flexibility index (Phi) is 2.99. The van der Waals surface area contributed by atoms with Gasteiger partial charge >= 0.3 is 0 Å². The molecule has 1 aliphatic heterocycles. The molecule has 0 N–H and O–H groups in total. The molecule has 0 saturated carbocycles. The van der Waals surface area contributed by atoms with Gasteiger partial charge in [0.1, 0.15) is 5.82 Å². The summed E-state index contributed by atoms with van der Waals surface area (Å²) in [4.78, 5) is 6.23. The molecule has 98 valence electrons. The lowest BCUT2D eigenvalue weighted by atomic mass is 10.1. The fourth-order valence-electron chi connectivity index (χ4n) is 2.27. The first-order valence-electron chi connectivity index (χ1n) is 5.85. The zero-order valence-electron chi connectivity index (χ0n) is 10.6. The molecule has 4 nitrogen and oxygen atoms in total. The summed E-state index contributed by atoms with van der Waals surface area (Å²) in [6, 6.07) is 5.70. The first-order chi connectivity index (χ1) is 9.08. The average molecular weight is 295 g/mol. The Labute approximate surface area is 121 Å². The Morgan fingerprint density at radius 1 is 1.26 bits per heavy atom. The first kappa shape index (κ1) is 12.5. The van der Waals surface area contributed by atoms with Gasteiger partial charge in [-0.25, -0.2) is 0 Å². The molecular weight excluding hydrogens is 283 g/mol. The van der Waals surface area contributed by atoms with E-state index in [-0.39, 0.29) is 0 Å². The molecule has 19 heavy (non-hydrogen) atoms. The van der Waals surface area contributed by atoms with Crippen LogP contribution in [0.1, 0.15) is 11.1 Å². The van der Waals surface area contributed by atoms with Gasteiger partial charge in [0.15, 0.2) is 0 Å². The van der Waals surface area contributed by atoms with E-state index in [2.05, 4.69) is 10.1 Å². The molecule has 0 bridgehead atoms. The van der Waals surface area contributed by atoms with Crippen LogP contribution in [0, 0.1) is 6.92 Å². The highest BCUT2D eigenvalue weighted by Gasteiger charge is 2.26. The number of anilines is 2. The van der Waals surface area contributed by atoms with Crippen LogP contribution in [0.4, 0.5) is 11.5 Å². The van der Waals surface area contributed by atoms with Crippen molar-refractivity contribution in [2.75, 3.05) is 4.90 Å². The van der Waals surface area contributed by atoms with Gasteiger partial charge in [-0.05, 0) is 42.3 Å². The van der Waals surface area contributed by atoms with Gasteiger partial charge in [0, 0.05) is 17.6 Å². The summed E-state index contributed by atoms with van der Waals surface area (Å²) in [6.07, 6.45) is 1.82. The van der Waals surface area contributed by atoms with E-state index in [1.54, 1.807) is 4.68 Å². The minimum atomic E-state index is 0.446. The molecule has 0 spiro atoms. The molecule has 0 amide bonds. The molecule has 2 aromatic rings. The number of hydrogen-bond donors (Lipinski definition) is 0. The van der Waals surface area contributed by atoms with Crippen molar-refractivity contribution in [2.45, 2.75) is 13.5 Å². The van der Waals surface area contributed by atoms with E-state index in [9.17, 15) is 0 Å². The summed E-state index contributed by atoms with van der Waals surface area (Å²) >= 11 is 12.3. The van der Waals surface area contributed by atoms with Gasteiger partial charge in [0.2, 0.25) is 5.29 Å². The van der Waals surface area contributed by atoms with Crippen molar-refractivity contribution in [3.63, 3.8) is 0 Å². The highest BCUT2D eigenvalue weighted by atomic mass is 35.5. The van der Waals surface area contributed by atoms with Crippen molar-refractivity contribution in [3.8, 4) is 0 Å². The third-order valence-corrected chi connectivity index (χ3v) is 3.68. The molecule has 1 aromatic heterocycles. The number of aromatic nitrogens is 2. The van der Waals surface area contributed by atoms with E-state index in [0.29, 0.717) is 16.9 Å². The van der Waals surface area contributed by atoms with Crippen LogP contribution < -0.4 is 4.90 Å². The maximum Gasteiger partial charge on any atom is 0.204 e. The quantitative estimate of drug-likeness (QED) is 0.753. The van der Waals surface area contributed by atoms with Gasteiger partial charge in [0.25, 0.3) is 0 Å². The number of rotatable bonds is 1. The normalized spacial score (nSPS) is 14.3. The Bertz CT molecular complexity index is 675. The summed E-state index contributed by atoms with van der Waals surface area (Å²) in [5.74, 6) is 0.949. The van der Waals surface area contributed by atoms with Gasteiger partial charge in [-0.2, -0.15) is 5.10 Å². The Morgan fingerprint density at radius 3 is 2.79 bits per heavy atom. The largest absolute Gasteiger partial charge is 0.269 e. The second-order valence-electron chi connectivity index (χ2n) is 4.47. The van der Waals surface area contributed by atoms with Crippen molar-refractivity contribution >= 4 is 40.0 Å². The lowest BCUT2D eigenvalue weighted by Gasteiger charge is -2.28. The molecule has 0 fully saturated rings. The highest BCUT2D eigenvalue weighted by molar-refractivity contribution is 6.68. The molecule has 0 radical (unpaired) electrons. The van der Waals surface area contributed by atoms with Gasteiger partial charge in [-0.15, -0.1) is 0 Å². The molecule has 0 atom stereocenters. The minimum absolute atomic E-state index is 0.446. The van der Waals surface area contributed by atoms with Gasteiger partial charge in [0.05, 0.1) is 18.4 Å². The van der Waals surface area contributed by atoms with Crippen LogP contribution in [0.5, 0.6) is 0 Å². The maximum absolute atomic E-state index is 6.29. The molecule has 2 heterocycles. The van der Waals surface area contributed by atoms with Gasteiger partial charge in [-0.1, -0.05) is 11.6 Å². The summed E-state index contributed by atoms with van der Waals surface area (Å²) in [5.41, 5.74) is 3.05. The Morgan fingerprint density at radius 2 is 2.05 bits per heavy atom. The average Bonchev–Trinajstić information content (AvgIpc) is 2.73. The predicted molar refractivity (Wildman–Crippen MR) is 78.5 cm³/mol. The van der Waals surface area contributed by atoms with Gasteiger partial charge < -0.3 is 0 Å². The van der Waals surface area contributed by atoms with Crippen molar-refractivity contribution in [2.24, 2.45) is 12.0 Å². The number of nitrogens with zero attached hydrogens (tertiary/aromatic N) is 4. The van der Waals surface area contributed by atoms with E-state index in [1.165, 1.54) is 0 Å². The first-order valence-corrected chi connectivity index (χ1v) is 6.60. The van der Waals surface area contributed by atoms with E-state index < -0.39 is 0 Å². The second kappa shape index (κ2) is 4.54. The number of hydrogen-bond acceptors (Lipinski definition) is 3. The van der Waals surface area contributed by atoms with Crippen LogP contribution in [0.2, 0.25) is 5.02 Å². The van der Waals surface area contributed by atoms with Crippen LogP contribution in [-0.2, 0) is 13.6 Å². The topological polar surface area (TPSA) is 33.4 Å². The maximum atomic E-state index is 6.29. The second-order valence-corrected chi connectivity index (χ2v) is 5.24. The minimum Gasteiger partial charge on any atom is -0.269 e. The van der Waals surface area contributed by atoms with Crippen LogP contribution in [0.3, 0.4) is 0 Å². The van der Waals surface area contributed by atoms with Crippen molar-refractivity contribution in [1.82, 2.24) is 9.78 Å². The monoisotopic (exact) mass is 294 g/mol. The van der Waals surface area contributed by atoms with Crippen LogP contribution in [-0.4, -0.2) is 15.1 Å². The number of fused-ring (bicyclic) bond motifs is 1. The summed E-state index contributed by atoms with van der Waals surface area (Å²) in [7, 11) is 1.90. The lowest BCUT2D eigenvalue weighted by Crippen LogP contribution is -2.28. The molecule has 0 saturated heterocycles. The molecule has 6 heteroatoms. The number of aliphatic imine (C=N–C) groups is 1. The van der Waals surface area contributed by atoms with E-state index in [1.807, 2.05) is 43.3 Å². The summed E-state index contributed by atoms with van der Waals surface area (Å²) in [6.45, 7) is 2.56. The zero-order valence-corrected chi connectivity index (χ0v) is 12.1. The van der Waals surface area contributed by atoms with E-state index in [4.69, 9.17) is 23.2 Å². The van der Waals surface area contributed by atoms with Crippen LogP contribution >= 0.6 is 23.2 Å². The Hall–Kier alpha value is -1.52. The highest BCUT2D eigenvalue weighted by Crippen LogP contribution is 2.35. The molecule has 1 aromatic carbocycles. The van der Waals surface area contributed by atoms with Crippen LogP contribution in [0.25, 0.3) is 0 Å². The molecular formula is C13H12Cl2N4. The van der Waals surface area contributed by atoms with Crippen molar-refractivity contribution in [1.29, 1.82) is 0 Å². The third-order valence-electron chi connectivity index (χ3n) is 3.16. The Balaban J connectivity index is 2.19. The fraction of sp³-hybridized carbons (Fsp3) is 0.231. The van der Waals surface area contributed by atoms with Crippen LogP contribution in [0.15, 0.2) is 29.4 Å².